The summed E-state index contributed by atoms with van der Waals surface area (Å²) in [6.07, 6.45) is 2.54. The number of methoxy groups -OCH3 is 1. The van der Waals surface area contributed by atoms with Gasteiger partial charge in [0.05, 0.1) is 13.3 Å². The highest BCUT2D eigenvalue weighted by atomic mass is 16.5. The molecule has 0 bridgehead atoms. The molecule has 0 amide bonds. The summed E-state index contributed by atoms with van der Waals surface area (Å²) in [5.74, 6) is 1.13. The minimum Gasteiger partial charge on any atom is -0.497 e. The predicted molar refractivity (Wildman–Crippen MR) is 124 cm³/mol. The van der Waals surface area contributed by atoms with E-state index in [0.717, 1.165) is 50.9 Å². The Labute approximate surface area is 175 Å². The maximum Gasteiger partial charge on any atom is 0.209 e. The fourth-order valence-corrected chi connectivity index (χ4v) is 3.76. The topological polar surface area (TPSA) is 104 Å². The first-order chi connectivity index (χ1) is 14.6. The van der Waals surface area contributed by atoms with Gasteiger partial charge in [-0.1, -0.05) is 18.2 Å². The lowest BCUT2D eigenvalue weighted by molar-refractivity contribution is 0.415. The minimum absolute atomic E-state index is 0.291. The van der Waals surface area contributed by atoms with Crippen molar-refractivity contribution in [2.45, 2.75) is 20.3 Å². The van der Waals surface area contributed by atoms with Gasteiger partial charge in [0.2, 0.25) is 5.96 Å². The van der Waals surface area contributed by atoms with Crippen LogP contribution in [0.5, 0.6) is 5.75 Å². The summed E-state index contributed by atoms with van der Waals surface area (Å²) in [5.41, 5.74) is 15.4. The van der Waals surface area contributed by atoms with Crippen LogP contribution in [0.25, 0.3) is 21.8 Å². The van der Waals surface area contributed by atoms with Crippen LogP contribution in [0.3, 0.4) is 0 Å². The standard InChI is InChI=1S/C23H26N6O/c1-14-17(19-12-16(30-3)8-9-22(19)27-14)10-11-25-23(24)29-26-13-20-15(2)28-21-7-5-4-6-18(20)21/h4-9,12-13,27-28H,10-11H2,1-3H3,(H3,24,25,29). The second-order valence-corrected chi connectivity index (χ2v) is 7.24. The van der Waals surface area contributed by atoms with E-state index >= 15 is 0 Å². The average Bonchev–Trinajstić information content (AvgIpc) is 3.23. The number of benzene rings is 2. The summed E-state index contributed by atoms with van der Waals surface area (Å²) in [6.45, 7) is 4.66. The van der Waals surface area contributed by atoms with Crippen molar-refractivity contribution in [3.63, 3.8) is 0 Å². The van der Waals surface area contributed by atoms with E-state index in [9.17, 15) is 0 Å². The number of fused-ring (bicyclic) bond motifs is 2. The molecule has 0 aliphatic carbocycles. The number of nitrogens with two attached hydrogens (primary N) is 1. The lowest BCUT2D eigenvalue weighted by Crippen LogP contribution is -2.27. The van der Waals surface area contributed by atoms with E-state index in [1.165, 1.54) is 5.56 Å². The van der Waals surface area contributed by atoms with E-state index < -0.39 is 0 Å². The molecular weight excluding hydrogens is 376 g/mol. The summed E-state index contributed by atoms with van der Waals surface area (Å²) >= 11 is 0. The van der Waals surface area contributed by atoms with Gasteiger partial charge < -0.3 is 20.4 Å². The number of nitrogens with zero attached hydrogens (tertiary/aromatic N) is 2. The Morgan fingerprint density at radius 1 is 1.07 bits per heavy atom. The number of hydrogen-bond acceptors (Lipinski definition) is 3. The molecule has 7 heteroatoms. The zero-order valence-corrected chi connectivity index (χ0v) is 17.4. The number of hydrogen-bond donors (Lipinski definition) is 4. The molecule has 0 aliphatic rings. The van der Waals surface area contributed by atoms with Gasteiger partial charge >= 0.3 is 0 Å². The largest absolute Gasteiger partial charge is 0.497 e. The van der Waals surface area contributed by atoms with Crippen LogP contribution in [-0.2, 0) is 6.42 Å². The van der Waals surface area contributed by atoms with Crippen LogP contribution in [0, 0.1) is 13.8 Å². The Kier molecular flexibility index (Phi) is 5.43. The molecule has 4 aromatic rings. The number of nitrogens with one attached hydrogen (secondary N) is 3. The summed E-state index contributed by atoms with van der Waals surface area (Å²) in [6, 6.07) is 14.2. The minimum atomic E-state index is 0.291. The van der Waals surface area contributed by atoms with Gasteiger partial charge in [0.15, 0.2) is 0 Å². The smallest absolute Gasteiger partial charge is 0.209 e. The van der Waals surface area contributed by atoms with Crippen LogP contribution in [0.2, 0.25) is 0 Å². The number of aromatic amines is 2. The van der Waals surface area contributed by atoms with Crippen LogP contribution in [-0.4, -0.2) is 35.8 Å². The van der Waals surface area contributed by atoms with Crippen molar-refractivity contribution in [3.8, 4) is 5.75 Å². The first-order valence-electron chi connectivity index (χ1n) is 9.88. The van der Waals surface area contributed by atoms with E-state index in [0.29, 0.717) is 12.5 Å². The number of para-hydroxylation sites is 1. The average molecular weight is 403 g/mol. The quantitative estimate of drug-likeness (QED) is 0.224. The molecule has 4 rings (SSSR count). The lowest BCUT2D eigenvalue weighted by atomic mass is 10.1. The van der Waals surface area contributed by atoms with Crippen LogP contribution >= 0.6 is 0 Å². The molecule has 5 N–H and O–H groups in total. The zero-order chi connectivity index (χ0) is 21.1. The van der Waals surface area contributed by atoms with Crippen LogP contribution < -0.4 is 15.9 Å². The molecule has 0 unspecified atom stereocenters. The van der Waals surface area contributed by atoms with Crippen molar-refractivity contribution < 1.29 is 4.74 Å². The zero-order valence-electron chi connectivity index (χ0n) is 17.4. The second kappa shape index (κ2) is 8.32. The molecule has 30 heavy (non-hydrogen) atoms. The van der Waals surface area contributed by atoms with E-state index in [2.05, 4.69) is 38.5 Å². The van der Waals surface area contributed by atoms with E-state index in [4.69, 9.17) is 10.5 Å². The molecule has 0 aliphatic heterocycles. The maximum absolute atomic E-state index is 5.99. The Morgan fingerprint density at radius 2 is 1.83 bits per heavy atom. The van der Waals surface area contributed by atoms with Crippen LogP contribution in [0.4, 0.5) is 0 Å². The molecule has 2 aromatic carbocycles. The molecule has 0 saturated heterocycles. The van der Waals surface area contributed by atoms with Crippen molar-refractivity contribution in [2.24, 2.45) is 15.8 Å². The number of aryl methyl sites for hydroxylation is 2. The van der Waals surface area contributed by atoms with Crippen molar-refractivity contribution >= 4 is 34.0 Å². The molecule has 0 radical (unpaired) electrons. The molecule has 7 nitrogen and oxygen atoms in total. The third-order valence-corrected chi connectivity index (χ3v) is 5.29. The van der Waals surface area contributed by atoms with Gasteiger partial charge in [-0.3, -0.25) is 4.99 Å². The summed E-state index contributed by atoms with van der Waals surface area (Å²) in [5, 5.41) is 6.54. The van der Waals surface area contributed by atoms with E-state index in [1.54, 1.807) is 13.3 Å². The third kappa shape index (κ3) is 3.87. The highest BCUT2D eigenvalue weighted by Crippen LogP contribution is 2.26. The van der Waals surface area contributed by atoms with Gasteiger partial charge in [-0.15, -0.1) is 0 Å². The van der Waals surface area contributed by atoms with Crippen LogP contribution in [0.15, 0.2) is 52.6 Å². The molecule has 2 aromatic heterocycles. The molecule has 154 valence electrons. The highest BCUT2D eigenvalue weighted by molar-refractivity contribution is 6.00. The van der Waals surface area contributed by atoms with Crippen molar-refractivity contribution in [3.05, 3.63) is 65.0 Å². The Hall–Kier alpha value is -3.74. The molecular formula is C23H26N6O. The fourth-order valence-electron chi connectivity index (χ4n) is 3.76. The van der Waals surface area contributed by atoms with Gasteiger partial charge in [0.25, 0.3) is 0 Å². The number of guanidine groups is 1. The SMILES string of the molecule is COc1ccc2[nH]c(C)c(CCN=C(N)NN=Cc3c(C)[nH]c4ccccc34)c2c1. The van der Waals surface area contributed by atoms with Gasteiger partial charge in [0, 0.05) is 45.3 Å². The monoisotopic (exact) mass is 402 g/mol. The molecule has 0 atom stereocenters. The van der Waals surface area contributed by atoms with E-state index in [-0.39, 0.29) is 0 Å². The summed E-state index contributed by atoms with van der Waals surface area (Å²) in [4.78, 5) is 11.2. The number of rotatable bonds is 6. The van der Waals surface area contributed by atoms with Crippen molar-refractivity contribution in [2.75, 3.05) is 13.7 Å². The normalized spacial score (nSPS) is 12.3. The van der Waals surface area contributed by atoms with Gasteiger partial charge in [-0.05, 0) is 50.1 Å². The molecule has 0 fully saturated rings. The van der Waals surface area contributed by atoms with Gasteiger partial charge in [0.1, 0.15) is 5.75 Å². The number of aromatic nitrogens is 2. The van der Waals surface area contributed by atoms with Gasteiger partial charge in [-0.25, -0.2) is 5.43 Å². The predicted octanol–water partition coefficient (Wildman–Crippen LogP) is 3.76. The Morgan fingerprint density at radius 3 is 2.67 bits per heavy atom. The number of hydrazone groups is 1. The summed E-state index contributed by atoms with van der Waals surface area (Å²) < 4.78 is 5.35. The number of H-pyrrole nitrogens is 2. The first kappa shape index (κ1) is 19.6. The molecule has 0 spiro atoms. The van der Waals surface area contributed by atoms with Crippen LogP contribution in [0.1, 0.15) is 22.5 Å². The molecule has 2 heterocycles. The van der Waals surface area contributed by atoms with Crippen molar-refractivity contribution in [1.29, 1.82) is 0 Å². The maximum atomic E-state index is 5.99. The highest BCUT2D eigenvalue weighted by Gasteiger charge is 2.09. The fraction of sp³-hybridized carbons (Fsp3) is 0.217. The Bertz CT molecular complexity index is 1250. The van der Waals surface area contributed by atoms with E-state index in [1.807, 2.05) is 43.3 Å². The lowest BCUT2D eigenvalue weighted by Gasteiger charge is -2.03. The summed E-state index contributed by atoms with van der Waals surface area (Å²) in [7, 11) is 1.68. The first-order valence-corrected chi connectivity index (χ1v) is 9.88. The molecule has 0 saturated carbocycles. The third-order valence-electron chi connectivity index (χ3n) is 5.29. The van der Waals surface area contributed by atoms with Crippen molar-refractivity contribution in [1.82, 2.24) is 15.4 Å². The number of ether oxygens (including phenoxy) is 1. The second-order valence-electron chi connectivity index (χ2n) is 7.24. The number of aliphatic imine (C=N–C) groups is 1. The van der Waals surface area contributed by atoms with Gasteiger partial charge in [-0.2, -0.15) is 5.10 Å². The Balaban J connectivity index is 1.41.